The number of rotatable bonds is 9. The van der Waals surface area contributed by atoms with E-state index in [-0.39, 0.29) is 0 Å². The second-order valence-electron chi connectivity index (χ2n) is 5.57. The molecule has 1 aromatic carbocycles. The summed E-state index contributed by atoms with van der Waals surface area (Å²) in [5.74, 6) is 1.09. The monoisotopic (exact) mass is 290 g/mol. The maximum Gasteiger partial charge on any atom is 0.251 e. The van der Waals surface area contributed by atoms with Crippen LogP contribution in [-0.2, 0) is 0 Å². The van der Waals surface area contributed by atoms with Crippen molar-refractivity contribution in [2.75, 3.05) is 0 Å². The molecule has 1 rings (SSSR count). The summed E-state index contributed by atoms with van der Waals surface area (Å²) in [4.78, 5) is 0. The van der Waals surface area contributed by atoms with Crippen LogP contribution in [0.25, 0.3) is 6.08 Å². The van der Waals surface area contributed by atoms with Crippen LogP contribution in [0.1, 0.15) is 52.5 Å². The highest BCUT2D eigenvalue weighted by Gasteiger charge is 2.34. The lowest BCUT2D eigenvalue weighted by atomic mass is 10.2. The number of allylic oxidation sites excluding steroid dienone is 1. The first-order valence-corrected chi connectivity index (χ1v) is 10.6. The molecule has 0 fully saturated rings. The van der Waals surface area contributed by atoms with Gasteiger partial charge in [-0.1, -0.05) is 70.4 Å². The van der Waals surface area contributed by atoms with E-state index < -0.39 is 8.32 Å². The van der Waals surface area contributed by atoms with Crippen molar-refractivity contribution in [3.8, 4) is 5.75 Å². The Balaban J connectivity index is 3.04. The summed E-state index contributed by atoms with van der Waals surface area (Å²) >= 11 is 0. The van der Waals surface area contributed by atoms with Gasteiger partial charge in [0.15, 0.2) is 0 Å². The number of hydrogen-bond acceptors (Lipinski definition) is 1. The minimum absolute atomic E-state index is 1.09. The van der Waals surface area contributed by atoms with Crippen molar-refractivity contribution in [2.45, 2.75) is 65.1 Å². The normalized spacial score (nSPS) is 12.0. The zero-order valence-corrected chi connectivity index (χ0v) is 14.6. The standard InChI is InChI=1S/C18H30OSi/c1-5-11-17-12-9-10-13-18(17)19-20(14-6-2,15-7-3)16-8-4/h5,9-13H,6-8,14-16H2,1-4H3. The van der Waals surface area contributed by atoms with E-state index in [1.165, 1.54) is 43.0 Å². The molecule has 0 aliphatic carbocycles. The van der Waals surface area contributed by atoms with Crippen LogP contribution < -0.4 is 4.43 Å². The van der Waals surface area contributed by atoms with Crippen LogP contribution in [0.2, 0.25) is 18.1 Å². The molecule has 112 valence electrons. The van der Waals surface area contributed by atoms with Crippen molar-refractivity contribution < 1.29 is 4.43 Å². The Bertz CT molecular complexity index is 395. The molecule has 0 aliphatic heterocycles. The van der Waals surface area contributed by atoms with Gasteiger partial charge in [-0.25, -0.2) is 0 Å². The summed E-state index contributed by atoms with van der Waals surface area (Å²) in [6, 6.07) is 12.3. The molecule has 0 saturated carbocycles. The zero-order chi connectivity index (χ0) is 14.8. The highest BCUT2D eigenvalue weighted by molar-refractivity contribution is 6.74. The fourth-order valence-corrected chi connectivity index (χ4v) is 7.46. The average Bonchev–Trinajstić information content (AvgIpc) is 2.42. The molecule has 1 aromatic rings. The largest absolute Gasteiger partial charge is 0.543 e. The molecule has 0 aliphatic rings. The molecule has 0 bridgehead atoms. The fraction of sp³-hybridized carbons (Fsp3) is 0.556. The predicted octanol–water partition coefficient (Wildman–Crippen LogP) is 6.27. The van der Waals surface area contributed by atoms with E-state index in [0.717, 1.165) is 5.75 Å². The molecule has 0 N–H and O–H groups in total. The fourth-order valence-electron chi connectivity index (χ4n) is 3.02. The van der Waals surface area contributed by atoms with E-state index in [9.17, 15) is 0 Å². The topological polar surface area (TPSA) is 9.23 Å². The lowest BCUT2D eigenvalue weighted by Gasteiger charge is -2.32. The van der Waals surface area contributed by atoms with Gasteiger partial charge in [0.25, 0.3) is 8.32 Å². The van der Waals surface area contributed by atoms with Gasteiger partial charge < -0.3 is 4.43 Å². The minimum Gasteiger partial charge on any atom is -0.543 e. The first-order chi connectivity index (χ1) is 9.71. The minimum atomic E-state index is -1.63. The molecule has 0 unspecified atom stereocenters. The van der Waals surface area contributed by atoms with Crippen LogP contribution in [0.15, 0.2) is 30.3 Å². The Morgan fingerprint density at radius 1 is 0.950 bits per heavy atom. The lowest BCUT2D eigenvalue weighted by Crippen LogP contribution is -2.41. The van der Waals surface area contributed by atoms with Crippen molar-refractivity contribution in [1.82, 2.24) is 0 Å². The van der Waals surface area contributed by atoms with Crippen molar-refractivity contribution in [3.63, 3.8) is 0 Å². The SMILES string of the molecule is CC=Cc1ccccc1O[Si](CCC)(CCC)CCC. The van der Waals surface area contributed by atoms with Gasteiger partial charge in [-0.05, 0) is 31.1 Å². The summed E-state index contributed by atoms with van der Waals surface area (Å²) in [6.45, 7) is 8.92. The Labute approximate surface area is 126 Å². The molecule has 0 radical (unpaired) electrons. The quantitative estimate of drug-likeness (QED) is 0.487. The third-order valence-corrected chi connectivity index (χ3v) is 8.60. The van der Waals surface area contributed by atoms with Gasteiger partial charge in [0.05, 0.1) is 0 Å². The third-order valence-electron chi connectivity index (χ3n) is 3.71. The molecule has 0 heterocycles. The maximum absolute atomic E-state index is 6.69. The Hall–Kier alpha value is -1.02. The third kappa shape index (κ3) is 4.82. The van der Waals surface area contributed by atoms with Gasteiger partial charge in [-0.2, -0.15) is 0 Å². The molecule has 0 amide bonds. The van der Waals surface area contributed by atoms with E-state index in [1.807, 2.05) is 0 Å². The van der Waals surface area contributed by atoms with Gasteiger partial charge in [0.1, 0.15) is 5.75 Å². The number of para-hydroxylation sites is 1. The van der Waals surface area contributed by atoms with Gasteiger partial charge in [0.2, 0.25) is 0 Å². The maximum atomic E-state index is 6.69. The van der Waals surface area contributed by atoms with Crippen molar-refractivity contribution in [1.29, 1.82) is 0 Å². The van der Waals surface area contributed by atoms with E-state index in [4.69, 9.17) is 4.43 Å². The van der Waals surface area contributed by atoms with Crippen LogP contribution in [0.4, 0.5) is 0 Å². The lowest BCUT2D eigenvalue weighted by molar-refractivity contribution is 0.517. The summed E-state index contributed by atoms with van der Waals surface area (Å²) < 4.78 is 6.69. The van der Waals surface area contributed by atoms with Gasteiger partial charge in [-0.3, -0.25) is 0 Å². The van der Waals surface area contributed by atoms with E-state index >= 15 is 0 Å². The second kappa shape index (κ2) is 9.01. The molecular weight excluding hydrogens is 260 g/mol. The molecule has 20 heavy (non-hydrogen) atoms. The summed E-state index contributed by atoms with van der Waals surface area (Å²) in [5, 5.41) is 0. The van der Waals surface area contributed by atoms with Crippen LogP contribution >= 0.6 is 0 Å². The van der Waals surface area contributed by atoms with Crippen molar-refractivity contribution in [2.24, 2.45) is 0 Å². The summed E-state index contributed by atoms with van der Waals surface area (Å²) in [5.41, 5.74) is 1.22. The molecule has 0 saturated heterocycles. The molecular formula is C18H30OSi. The summed E-state index contributed by atoms with van der Waals surface area (Å²) in [6.07, 6.45) is 7.94. The second-order valence-corrected chi connectivity index (χ2v) is 9.64. The van der Waals surface area contributed by atoms with Crippen LogP contribution in [0.5, 0.6) is 5.75 Å². The molecule has 1 nitrogen and oxygen atoms in total. The van der Waals surface area contributed by atoms with Crippen LogP contribution in [-0.4, -0.2) is 8.32 Å². The smallest absolute Gasteiger partial charge is 0.251 e. The van der Waals surface area contributed by atoms with E-state index in [2.05, 4.69) is 64.1 Å². The van der Waals surface area contributed by atoms with Crippen molar-refractivity contribution >= 4 is 14.4 Å². The van der Waals surface area contributed by atoms with Crippen molar-refractivity contribution in [3.05, 3.63) is 35.9 Å². The first-order valence-electron chi connectivity index (χ1n) is 8.12. The van der Waals surface area contributed by atoms with Crippen LogP contribution in [0, 0.1) is 0 Å². The molecule has 0 aromatic heterocycles. The van der Waals surface area contributed by atoms with Gasteiger partial charge in [-0.15, -0.1) is 0 Å². The van der Waals surface area contributed by atoms with Gasteiger partial charge in [0, 0.05) is 5.56 Å². The molecule has 2 heteroatoms. The summed E-state index contributed by atoms with van der Waals surface area (Å²) in [7, 11) is -1.63. The highest BCUT2D eigenvalue weighted by Crippen LogP contribution is 2.31. The van der Waals surface area contributed by atoms with E-state index in [1.54, 1.807) is 0 Å². The molecule has 0 atom stereocenters. The Morgan fingerprint density at radius 3 is 2.00 bits per heavy atom. The van der Waals surface area contributed by atoms with Gasteiger partial charge >= 0.3 is 0 Å². The van der Waals surface area contributed by atoms with Crippen LogP contribution in [0.3, 0.4) is 0 Å². The number of hydrogen-bond donors (Lipinski definition) is 0. The highest BCUT2D eigenvalue weighted by atomic mass is 28.4. The predicted molar refractivity (Wildman–Crippen MR) is 92.8 cm³/mol. The average molecular weight is 291 g/mol. The first kappa shape index (κ1) is 17.0. The number of benzene rings is 1. The molecule has 0 spiro atoms. The Morgan fingerprint density at radius 2 is 1.50 bits per heavy atom. The Kier molecular flexibility index (Phi) is 7.67. The zero-order valence-electron chi connectivity index (χ0n) is 13.6. The van der Waals surface area contributed by atoms with E-state index in [0.29, 0.717) is 0 Å².